The van der Waals surface area contributed by atoms with Crippen LogP contribution < -0.4 is 5.32 Å². The summed E-state index contributed by atoms with van der Waals surface area (Å²) in [5, 5.41) is 3.22. The standard InChI is InChI=1S/C26H24F3N/c27-26(28,29)24-16-19(15-23(18-24)20-11-13-30-14-12-20)17-25(21-7-3-1-4-8-21)22-9-5-2-6-10-22/h1-11,15-16,18,25,30H,12-14,17H2. The Hall–Kier alpha value is -2.85. The Balaban J connectivity index is 1.76. The van der Waals surface area contributed by atoms with Crippen molar-refractivity contribution in [1.82, 2.24) is 5.32 Å². The normalized spacial score (nSPS) is 14.6. The molecule has 1 nitrogen and oxygen atoms in total. The van der Waals surface area contributed by atoms with Crippen LogP contribution in [-0.2, 0) is 12.6 Å². The summed E-state index contributed by atoms with van der Waals surface area (Å²) >= 11 is 0. The van der Waals surface area contributed by atoms with Gasteiger partial charge in [0, 0.05) is 12.5 Å². The average molecular weight is 407 g/mol. The first-order chi connectivity index (χ1) is 14.5. The molecule has 0 fully saturated rings. The Morgan fingerprint density at radius 2 is 1.47 bits per heavy atom. The Kier molecular flexibility index (Phi) is 6.05. The van der Waals surface area contributed by atoms with Crippen LogP contribution in [0.4, 0.5) is 13.2 Å². The molecule has 0 aliphatic carbocycles. The van der Waals surface area contributed by atoms with Crippen molar-refractivity contribution in [3.8, 4) is 0 Å². The summed E-state index contributed by atoms with van der Waals surface area (Å²) in [5.74, 6) is -0.00858. The Morgan fingerprint density at radius 1 is 0.833 bits per heavy atom. The third kappa shape index (κ3) is 4.82. The predicted molar refractivity (Wildman–Crippen MR) is 115 cm³/mol. The maximum absolute atomic E-state index is 13.7. The Bertz CT molecular complexity index is 968. The number of hydrogen-bond donors (Lipinski definition) is 1. The number of benzene rings is 3. The molecule has 1 aliphatic rings. The van der Waals surface area contributed by atoms with Crippen LogP contribution in [0.1, 0.15) is 40.2 Å². The van der Waals surface area contributed by atoms with E-state index in [-0.39, 0.29) is 5.92 Å². The van der Waals surface area contributed by atoms with E-state index in [1.165, 1.54) is 12.1 Å². The molecule has 0 radical (unpaired) electrons. The molecule has 0 saturated carbocycles. The lowest BCUT2D eigenvalue weighted by Gasteiger charge is -2.21. The van der Waals surface area contributed by atoms with Crippen LogP contribution in [0.5, 0.6) is 0 Å². The van der Waals surface area contributed by atoms with Crippen LogP contribution in [-0.4, -0.2) is 13.1 Å². The lowest BCUT2D eigenvalue weighted by molar-refractivity contribution is -0.137. The second-order valence-electron chi connectivity index (χ2n) is 7.68. The summed E-state index contributed by atoms with van der Waals surface area (Å²) in [6, 6.07) is 24.5. The second kappa shape index (κ2) is 8.88. The predicted octanol–water partition coefficient (Wildman–Crippen LogP) is 6.46. The summed E-state index contributed by atoms with van der Waals surface area (Å²) in [7, 11) is 0. The molecule has 30 heavy (non-hydrogen) atoms. The molecule has 3 aromatic carbocycles. The number of hydrogen-bond acceptors (Lipinski definition) is 1. The van der Waals surface area contributed by atoms with Crippen molar-refractivity contribution >= 4 is 5.57 Å². The lowest BCUT2D eigenvalue weighted by Crippen LogP contribution is -2.20. The molecular formula is C26H24F3N. The van der Waals surface area contributed by atoms with Gasteiger partial charge in [0.15, 0.2) is 0 Å². The Morgan fingerprint density at radius 3 is 2.00 bits per heavy atom. The average Bonchev–Trinajstić information content (AvgIpc) is 2.78. The quantitative estimate of drug-likeness (QED) is 0.512. The molecule has 1 N–H and O–H groups in total. The molecule has 0 aromatic heterocycles. The van der Waals surface area contributed by atoms with Crippen LogP contribution in [0.3, 0.4) is 0 Å². The molecule has 0 atom stereocenters. The molecule has 3 aromatic rings. The highest BCUT2D eigenvalue weighted by Crippen LogP contribution is 2.35. The van der Waals surface area contributed by atoms with Gasteiger partial charge in [0.1, 0.15) is 0 Å². The number of alkyl halides is 3. The minimum absolute atomic E-state index is 0.00858. The first-order valence-corrected chi connectivity index (χ1v) is 10.2. The van der Waals surface area contributed by atoms with E-state index in [0.717, 1.165) is 29.7 Å². The number of halogens is 3. The van der Waals surface area contributed by atoms with Gasteiger partial charge in [-0.05, 0) is 59.3 Å². The topological polar surface area (TPSA) is 12.0 Å². The van der Waals surface area contributed by atoms with Gasteiger partial charge in [-0.2, -0.15) is 13.2 Å². The third-order valence-corrected chi connectivity index (χ3v) is 5.60. The molecule has 4 heteroatoms. The van der Waals surface area contributed by atoms with E-state index in [4.69, 9.17) is 0 Å². The van der Waals surface area contributed by atoms with Gasteiger partial charge in [0.2, 0.25) is 0 Å². The van der Waals surface area contributed by atoms with Crippen LogP contribution in [0.25, 0.3) is 5.57 Å². The summed E-state index contributed by atoms with van der Waals surface area (Å²) in [6.45, 7) is 1.48. The largest absolute Gasteiger partial charge is 0.416 e. The van der Waals surface area contributed by atoms with Gasteiger partial charge in [-0.1, -0.05) is 72.8 Å². The highest BCUT2D eigenvalue weighted by molar-refractivity contribution is 5.68. The fourth-order valence-electron chi connectivity index (χ4n) is 4.08. The Labute approximate surface area is 175 Å². The molecule has 1 aliphatic heterocycles. The minimum Gasteiger partial charge on any atom is -0.313 e. The maximum Gasteiger partial charge on any atom is 0.416 e. The van der Waals surface area contributed by atoms with Gasteiger partial charge in [-0.25, -0.2) is 0 Å². The summed E-state index contributed by atoms with van der Waals surface area (Å²) < 4.78 is 41.0. The maximum atomic E-state index is 13.7. The molecular weight excluding hydrogens is 383 g/mol. The molecule has 0 saturated heterocycles. The van der Waals surface area contributed by atoms with E-state index in [0.29, 0.717) is 24.1 Å². The monoisotopic (exact) mass is 407 g/mol. The second-order valence-corrected chi connectivity index (χ2v) is 7.68. The first-order valence-electron chi connectivity index (χ1n) is 10.2. The number of nitrogens with one attached hydrogen (secondary N) is 1. The van der Waals surface area contributed by atoms with Crippen LogP contribution in [0.2, 0.25) is 0 Å². The van der Waals surface area contributed by atoms with Crippen molar-refractivity contribution in [1.29, 1.82) is 0 Å². The molecule has 4 rings (SSSR count). The molecule has 1 heterocycles. The van der Waals surface area contributed by atoms with Gasteiger partial charge in [0.05, 0.1) is 5.56 Å². The van der Waals surface area contributed by atoms with E-state index in [1.807, 2.05) is 72.8 Å². The SMILES string of the molecule is FC(F)(F)c1cc(CC(c2ccccc2)c2ccccc2)cc(C2=CCNCC2)c1. The van der Waals surface area contributed by atoms with Gasteiger partial charge in [-0.3, -0.25) is 0 Å². The van der Waals surface area contributed by atoms with Crippen molar-refractivity contribution in [2.75, 3.05) is 13.1 Å². The zero-order valence-corrected chi connectivity index (χ0v) is 16.6. The third-order valence-electron chi connectivity index (χ3n) is 5.60. The molecule has 0 amide bonds. The highest BCUT2D eigenvalue weighted by atomic mass is 19.4. The van der Waals surface area contributed by atoms with Gasteiger partial charge in [-0.15, -0.1) is 0 Å². The summed E-state index contributed by atoms with van der Waals surface area (Å²) in [6.07, 6.45) is -1.13. The lowest BCUT2D eigenvalue weighted by atomic mass is 9.84. The van der Waals surface area contributed by atoms with E-state index >= 15 is 0 Å². The molecule has 0 bridgehead atoms. The highest BCUT2D eigenvalue weighted by Gasteiger charge is 2.32. The van der Waals surface area contributed by atoms with Gasteiger partial charge in [0.25, 0.3) is 0 Å². The zero-order valence-electron chi connectivity index (χ0n) is 16.6. The summed E-state index contributed by atoms with van der Waals surface area (Å²) in [4.78, 5) is 0. The molecule has 0 spiro atoms. The van der Waals surface area contributed by atoms with Crippen molar-refractivity contribution in [3.05, 3.63) is 113 Å². The number of rotatable bonds is 5. The first kappa shape index (κ1) is 20.4. The van der Waals surface area contributed by atoms with Crippen molar-refractivity contribution in [2.45, 2.75) is 24.9 Å². The van der Waals surface area contributed by atoms with Gasteiger partial charge >= 0.3 is 6.18 Å². The molecule has 0 unspecified atom stereocenters. The fourth-order valence-corrected chi connectivity index (χ4v) is 4.08. The molecule has 154 valence electrons. The van der Waals surface area contributed by atoms with E-state index < -0.39 is 11.7 Å². The van der Waals surface area contributed by atoms with Crippen LogP contribution in [0, 0.1) is 0 Å². The van der Waals surface area contributed by atoms with Crippen molar-refractivity contribution in [3.63, 3.8) is 0 Å². The van der Waals surface area contributed by atoms with E-state index in [1.54, 1.807) is 0 Å². The smallest absolute Gasteiger partial charge is 0.313 e. The zero-order chi connectivity index (χ0) is 21.0. The van der Waals surface area contributed by atoms with Crippen molar-refractivity contribution < 1.29 is 13.2 Å². The van der Waals surface area contributed by atoms with E-state index in [2.05, 4.69) is 5.32 Å². The fraction of sp³-hybridized carbons (Fsp3) is 0.231. The minimum atomic E-state index is -4.37. The van der Waals surface area contributed by atoms with Gasteiger partial charge < -0.3 is 5.32 Å². The summed E-state index contributed by atoms with van der Waals surface area (Å²) in [5.41, 5.74) is 4.00. The van der Waals surface area contributed by atoms with E-state index in [9.17, 15) is 13.2 Å². The van der Waals surface area contributed by atoms with Crippen LogP contribution >= 0.6 is 0 Å². The van der Waals surface area contributed by atoms with Crippen LogP contribution in [0.15, 0.2) is 84.9 Å². The van der Waals surface area contributed by atoms with Crippen molar-refractivity contribution in [2.24, 2.45) is 0 Å².